The summed E-state index contributed by atoms with van der Waals surface area (Å²) >= 11 is 0. The lowest BCUT2D eigenvalue weighted by molar-refractivity contribution is -0.902. The lowest BCUT2D eigenvalue weighted by Gasteiger charge is -2.33. The maximum atomic E-state index is 12.6. The fraction of sp³-hybridized carbons (Fsp3) is 0.588. The Hall–Kier alpha value is -1.60. The van der Waals surface area contributed by atoms with E-state index in [9.17, 15) is 13.2 Å². The second kappa shape index (κ2) is 7.53. The maximum absolute atomic E-state index is 12.6. The molecule has 24 heavy (non-hydrogen) atoms. The van der Waals surface area contributed by atoms with E-state index in [1.807, 2.05) is 32.0 Å². The van der Waals surface area contributed by atoms with E-state index >= 15 is 0 Å². The normalized spacial score (nSPS) is 16.2. The van der Waals surface area contributed by atoms with Gasteiger partial charge in [-0.25, -0.2) is 8.42 Å². The summed E-state index contributed by atoms with van der Waals surface area (Å²) in [5.41, 5.74) is 2.40. The molecule has 0 saturated carbocycles. The Balaban J connectivity index is 2.19. The smallest absolute Gasteiger partial charge is 0.243 e. The number of hydrogen-bond acceptors (Lipinski definition) is 3. The Morgan fingerprint density at radius 2 is 1.88 bits per heavy atom. The zero-order chi connectivity index (χ0) is 17.9. The highest BCUT2D eigenvalue weighted by atomic mass is 32.2. The number of aryl methyl sites for hydroxylation is 2. The molecule has 0 aromatic heterocycles. The number of likely N-dealkylation sites (N-methyl/N-ethyl adjacent to an activating group) is 1. The standard InChI is InChI=1S/C17H27N3O3S/c1-5-18-8-10-19(11-9-18)17(21)13-20(24(4,22)23)16-12-14(2)6-7-15(16)3/h6-7,12H,5,8-11,13H2,1-4H3/p+1. The predicted octanol–water partition coefficient (Wildman–Crippen LogP) is -0.184. The molecule has 6 nitrogen and oxygen atoms in total. The van der Waals surface area contributed by atoms with Gasteiger partial charge in [0.2, 0.25) is 15.9 Å². The molecule has 0 atom stereocenters. The summed E-state index contributed by atoms with van der Waals surface area (Å²) < 4.78 is 25.8. The van der Waals surface area contributed by atoms with Crippen LogP contribution in [0.25, 0.3) is 0 Å². The van der Waals surface area contributed by atoms with Crippen molar-refractivity contribution in [2.24, 2.45) is 0 Å². The van der Waals surface area contributed by atoms with Crippen LogP contribution in [-0.2, 0) is 14.8 Å². The lowest BCUT2D eigenvalue weighted by Crippen LogP contribution is -3.14. The van der Waals surface area contributed by atoms with E-state index in [4.69, 9.17) is 0 Å². The number of hydrogen-bond donors (Lipinski definition) is 1. The molecule has 1 fully saturated rings. The van der Waals surface area contributed by atoms with E-state index in [1.54, 1.807) is 4.90 Å². The summed E-state index contributed by atoms with van der Waals surface area (Å²) in [6, 6.07) is 5.65. The molecule has 0 radical (unpaired) electrons. The number of quaternary nitrogens is 1. The number of benzene rings is 1. The van der Waals surface area contributed by atoms with Gasteiger partial charge in [0.15, 0.2) is 0 Å². The van der Waals surface area contributed by atoms with Crippen LogP contribution in [0, 0.1) is 13.8 Å². The molecule has 7 heteroatoms. The van der Waals surface area contributed by atoms with Crippen LogP contribution in [-0.4, -0.2) is 64.7 Å². The molecule has 0 bridgehead atoms. The predicted molar refractivity (Wildman–Crippen MR) is 95.9 cm³/mol. The highest BCUT2D eigenvalue weighted by Gasteiger charge is 2.28. The van der Waals surface area contributed by atoms with Crippen molar-refractivity contribution in [1.29, 1.82) is 0 Å². The molecule has 1 aromatic rings. The summed E-state index contributed by atoms with van der Waals surface area (Å²) in [7, 11) is -3.53. The van der Waals surface area contributed by atoms with E-state index in [0.29, 0.717) is 18.8 Å². The fourth-order valence-electron chi connectivity index (χ4n) is 3.02. The summed E-state index contributed by atoms with van der Waals surface area (Å²) in [6.45, 7) is 10.1. The Labute approximate surface area is 145 Å². The second-order valence-electron chi connectivity index (χ2n) is 6.54. The van der Waals surface area contributed by atoms with Crippen molar-refractivity contribution in [3.8, 4) is 0 Å². The number of rotatable bonds is 5. The summed E-state index contributed by atoms with van der Waals surface area (Å²) in [5.74, 6) is -0.128. The number of carbonyl (C=O) groups excluding carboxylic acids is 1. The molecule has 1 aliphatic rings. The molecular formula is C17H28N3O3S+. The largest absolute Gasteiger partial charge is 0.332 e. The average molecular weight is 354 g/mol. The lowest BCUT2D eigenvalue weighted by atomic mass is 10.1. The molecule has 1 heterocycles. The Morgan fingerprint density at radius 1 is 1.25 bits per heavy atom. The van der Waals surface area contributed by atoms with Crippen LogP contribution in [0.1, 0.15) is 18.1 Å². The minimum Gasteiger partial charge on any atom is -0.332 e. The van der Waals surface area contributed by atoms with E-state index in [0.717, 1.165) is 37.0 Å². The maximum Gasteiger partial charge on any atom is 0.243 e. The molecule has 0 unspecified atom stereocenters. The first kappa shape index (κ1) is 18.7. The number of nitrogens with zero attached hydrogens (tertiary/aromatic N) is 2. The van der Waals surface area contributed by atoms with Crippen LogP contribution < -0.4 is 9.21 Å². The first-order valence-electron chi connectivity index (χ1n) is 8.38. The molecule has 1 N–H and O–H groups in total. The fourth-order valence-corrected chi connectivity index (χ4v) is 3.92. The highest BCUT2D eigenvalue weighted by molar-refractivity contribution is 7.92. The number of sulfonamides is 1. The Kier molecular flexibility index (Phi) is 5.87. The number of nitrogens with one attached hydrogen (secondary N) is 1. The third-order valence-corrected chi connectivity index (χ3v) is 5.76. The zero-order valence-corrected chi connectivity index (χ0v) is 15.8. The SMILES string of the molecule is CC[NH+]1CCN(C(=O)CN(c2cc(C)ccc2C)S(C)(=O)=O)CC1. The molecule has 2 rings (SSSR count). The van der Waals surface area contributed by atoms with Gasteiger partial charge in [-0.1, -0.05) is 12.1 Å². The number of amides is 1. The number of carbonyl (C=O) groups is 1. The summed E-state index contributed by atoms with van der Waals surface area (Å²) in [5, 5.41) is 0. The molecule has 1 aromatic carbocycles. The van der Waals surface area contributed by atoms with Gasteiger partial charge in [0.1, 0.15) is 6.54 Å². The third kappa shape index (κ3) is 4.48. The first-order valence-corrected chi connectivity index (χ1v) is 10.2. The summed E-state index contributed by atoms with van der Waals surface area (Å²) in [4.78, 5) is 15.9. The van der Waals surface area contributed by atoms with Gasteiger partial charge in [-0.15, -0.1) is 0 Å². The topological polar surface area (TPSA) is 62.1 Å². The third-order valence-electron chi connectivity index (χ3n) is 4.64. The van der Waals surface area contributed by atoms with E-state index in [1.165, 1.54) is 9.21 Å². The molecule has 1 saturated heterocycles. The monoisotopic (exact) mass is 354 g/mol. The van der Waals surface area contributed by atoms with E-state index < -0.39 is 10.0 Å². The van der Waals surface area contributed by atoms with Crippen LogP contribution in [0.4, 0.5) is 5.69 Å². The minimum absolute atomic E-state index is 0.128. The van der Waals surface area contributed by atoms with Gasteiger partial charge in [-0.3, -0.25) is 9.10 Å². The molecule has 1 aliphatic heterocycles. The molecule has 134 valence electrons. The molecule has 0 spiro atoms. The quantitative estimate of drug-likeness (QED) is 0.798. The van der Waals surface area contributed by atoms with Crippen LogP contribution >= 0.6 is 0 Å². The number of piperazine rings is 1. The first-order chi connectivity index (χ1) is 11.2. The minimum atomic E-state index is -3.53. The molecule has 0 aliphatic carbocycles. The van der Waals surface area contributed by atoms with Crippen molar-refractivity contribution in [3.63, 3.8) is 0 Å². The van der Waals surface area contributed by atoms with Gasteiger partial charge < -0.3 is 9.80 Å². The second-order valence-corrected chi connectivity index (χ2v) is 8.45. The van der Waals surface area contributed by atoms with Gasteiger partial charge in [-0.2, -0.15) is 0 Å². The zero-order valence-electron chi connectivity index (χ0n) is 15.0. The molecular weight excluding hydrogens is 326 g/mol. The van der Waals surface area contributed by atoms with Gasteiger partial charge >= 0.3 is 0 Å². The number of anilines is 1. The van der Waals surface area contributed by atoms with Crippen LogP contribution in [0.3, 0.4) is 0 Å². The molecule has 1 amide bonds. The van der Waals surface area contributed by atoms with Gasteiger partial charge in [0.25, 0.3) is 0 Å². The van der Waals surface area contributed by atoms with Gasteiger partial charge in [0.05, 0.1) is 44.7 Å². The van der Waals surface area contributed by atoms with E-state index in [-0.39, 0.29) is 12.5 Å². The van der Waals surface area contributed by atoms with Crippen molar-refractivity contribution in [1.82, 2.24) is 4.90 Å². The highest BCUT2D eigenvalue weighted by Crippen LogP contribution is 2.24. The Bertz CT molecular complexity index is 695. The van der Waals surface area contributed by atoms with Crippen molar-refractivity contribution in [2.45, 2.75) is 20.8 Å². The van der Waals surface area contributed by atoms with Crippen molar-refractivity contribution >= 4 is 21.6 Å². The van der Waals surface area contributed by atoms with Crippen molar-refractivity contribution < 1.29 is 18.1 Å². The van der Waals surface area contributed by atoms with Crippen molar-refractivity contribution in [3.05, 3.63) is 29.3 Å². The average Bonchev–Trinajstić information content (AvgIpc) is 2.54. The van der Waals surface area contributed by atoms with Gasteiger partial charge in [0, 0.05) is 0 Å². The van der Waals surface area contributed by atoms with Crippen LogP contribution in [0.5, 0.6) is 0 Å². The van der Waals surface area contributed by atoms with Gasteiger partial charge in [-0.05, 0) is 38.0 Å². The summed E-state index contributed by atoms with van der Waals surface area (Å²) in [6.07, 6.45) is 1.15. The van der Waals surface area contributed by atoms with Crippen LogP contribution in [0.2, 0.25) is 0 Å². The van der Waals surface area contributed by atoms with Crippen LogP contribution in [0.15, 0.2) is 18.2 Å². The van der Waals surface area contributed by atoms with E-state index in [2.05, 4.69) is 6.92 Å². The van der Waals surface area contributed by atoms with Crippen molar-refractivity contribution in [2.75, 3.05) is 49.8 Å². The Morgan fingerprint density at radius 3 is 2.42 bits per heavy atom.